The van der Waals surface area contributed by atoms with Crippen molar-refractivity contribution in [3.8, 4) is 0 Å². The summed E-state index contributed by atoms with van der Waals surface area (Å²) in [6.07, 6.45) is 1.17. The molecule has 1 aromatic carbocycles. The molecular formula is C10H10F2O. The van der Waals surface area contributed by atoms with Crippen molar-refractivity contribution < 1.29 is 13.6 Å². The summed E-state index contributed by atoms with van der Waals surface area (Å²) in [5.74, 6) is -1.69. The second-order valence-corrected chi connectivity index (χ2v) is 2.93. The summed E-state index contributed by atoms with van der Waals surface area (Å²) in [5.41, 5.74) is 0.935. The zero-order valence-corrected chi connectivity index (χ0v) is 7.31. The smallest absolute Gasteiger partial charge is 0.162 e. The van der Waals surface area contributed by atoms with Gasteiger partial charge in [-0.25, -0.2) is 8.78 Å². The van der Waals surface area contributed by atoms with E-state index in [2.05, 4.69) is 0 Å². The Bertz CT molecular complexity index is 321. The minimum absolute atomic E-state index is 0.222. The number of aldehydes is 1. The van der Waals surface area contributed by atoms with Crippen molar-refractivity contribution >= 4 is 6.29 Å². The molecule has 0 atom stereocenters. The molecule has 0 radical (unpaired) electrons. The van der Waals surface area contributed by atoms with Gasteiger partial charge in [-0.05, 0) is 30.5 Å². The van der Waals surface area contributed by atoms with Crippen LogP contribution >= 0.6 is 0 Å². The van der Waals surface area contributed by atoms with Crippen molar-refractivity contribution in [3.63, 3.8) is 0 Å². The molecule has 0 aromatic heterocycles. The predicted molar refractivity (Wildman–Crippen MR) is 45.5 cm³/mol. The van der Waals surface area contributed by atoms with Crippen molar-refractivity contribution in [2.45, 2.75) is 19.8 Å². The number of carbonyl (C=O) groups excluding carboxylic acids is 1. The summed E-state index contributed by atoms with van der Waals surface area (Å²) in [6, 6.07) is 2.70. The third kappa shape index (κ3) is 2.34. The van der Waals surface area contributed by atoms with Gasteiger partial charge in [0.05, 0.1) is 0 Å². The summed E-state index contributed by atoms with van der Waals surface area (Å²) >= 11 is 0. The van der Waals surface area contributed by atoms with Crippen LogP contribution in [0.5, 0.6) is 0 Å². The van der Waals surface area contributed by atoms with Gasteiger partial charge in [-0.1, -0.05) is 6.07 Å². The van der Waals surface area contributed by atoms with Crippen LogP contribution in [0.25, 0.3) is 0 Å². The summed E-state index contributed by atoms with van der Waals surface area (Å²) in [6.45, 7) is 1.69. The first-order chi connectivity index (χ1) is 6.15. The number of hydrogen-bond acceptors (Lipinski definition) is 1. The van der Waals surface area contributed by atoms with Gasteiger partial charge in [0.25, 0.3) is 0 Å². The summed E-state index contributed by atoms with van der Waals surface area (Å²) in [5, 5.41) is 0. The average Bonchev–Trinajstić information content (AvgIpc) is 2.09. The number of benzene rings is 1. The second kappa shape index (κ2) is 4.12. The van der Waals surface area contributed by atoms with Crippen molar-refractivity contribution in [1.29, 1.82) is 0 Å². The van der Waals surface area contributed by atoms with Gasteiger partial charge in [-0.15, -0.1) is 0 Å². The molecule has 1 aromatic rings. The molecule has 1 nitrogen and oxygen atoms in total. The molecule has 0 aliphatic carbocycles. The molecule has 0 spiro atoms. The first-order valence-corrected chi connectivity index (χ1v) is 4.03. The van der Waals surface area contributed by atoms with E-state index in [-0.39, 0.29) is 18.4 Å². The lowest BCUT2D eigenvalue weighted by Gasteiger charge is -2.03. The van der Waals surface area contributed by atoms with Crippen molar-refractivity contribution in [1.82, 2.24) is 0 Å². The minimum atomic E-state index is -0.846. The fourth-order valence-corrected chi connectivity index (χ4v) is 1.19. The third-order valence-electron chi connectivity index (χ3n) is 1.78. The molecule has 0 amide bonds. The van der Waals surface area contributed by atoms with E-state index in [1.807, 2.05) is 0 Å². The van der Waals surface area contributed by atoms with Crippen LogP contribution in [0.15, 0.2) is 12.1 Å². The molecule has 0 bridgehead atoms. The van der Waals surface area contributed by atoms with Crippen molar-refractivity contribution in [3.05, 3.63) is 34.9 Å². The largest absolute Gasteiger partial charge is 0.303 e. The molecule has 70 valence electrons. The zero-order valence-electron chi connectivity index (χ0n) is 7.31. The van der Waals surface area contributed by atoms with Gasteiger partial charge in [0.1, 0.15) is 6.29 Å². The highest BCUT2D eigenvalue weighted by atomic mass is 19.2. The maximum absolute atomic E-state index is 13.0. The standard InChI is InChI=1S/C10H10F2O/c1-7-5-8(3-2-4-13)10(12)9(11)6-7/h4-6H,2-3H2,1H3. The molecule has 0 saturated carbocycles. The fraction of sp³-hybridized carbons (Fsp3) is 0.300. The summed E-state index contributed by atoms with van der Waals surface area (Å²) < 4.78 is 25.8. The maximum atomic E-state index is 13.0. The minimum Gasteiger partial charge on any atom is -0.303 e. The Balaban J connectivity index is 2.98. The average molecular weight is 184 g/mol. The van der Waals surface area contributed by atoms with Gasteiger partial charge >= 0.3 is 0 Å². The Morgan fingerprint density at radius 1 is 1.38 bits per heavy atom. The topological polar surface area (TPSA) is 17.1 Å². The Morgan fingerprint density at radius 2 is 2.08 bits per heavy atom. The number of hydrogen-bond donors (Lipinski definition) is 0. The molecule has 13 heavy (non-hydrogen) atoms. The molecule has 0 heterocycles. The highest BCUT2D eigenvalue weighted by molar-refractivity contribution is 5.50. The molecular weight excluding hydrogens is 174 g/mol. The summed E-state index contributed by atoms with van der Waals surface area (Å²) in [4.78, 5) is 10.0. The lowest BCUT2D eigenvalue weighted by Crippen LogP contribution is -1.96. The van der Waals surface area contributed by atoms with Crippen LogP contribution in [-0.4, -0.2) is 6.29 Å². The number of carbonyl (C=O) groups is 1. The summed E-state index contributed by atoms with van der Waals surface area (Å²) in [7, 11) is 0. The molecule has 0 fully saturated rings. The SMILES string of the molecule is Cc1cc(F)c(F)c(CCC=O)c1. The maximum Gasteiger partial charge on any atom is 0.162 e. The Labute approximate surface area is 75.4 Å². The van der Waals surface area contributed by atoms with E-state index in [0.717, 1.165) is 6.07 Å². The van der Waals surface area contributed by atoms with Crippen LogP contribution in [0.4, 0.5) is 8.78 Å². The first-order valence-electron chi connectivity index (χ1n) is 4.03. The van der Waals surface area contributed by atoms with Crippen molar-refractivity contribution in [2.75, 3.05) is 0 Å². The van der Waals surface area contributed by atoms with E-state index < -0.39 is 11.6 Å². The molecule has 0 aliphatic heterocycles. The lowest BCUT2D eigenvalue weighted by molar-refractivity contribution is -0.107. The van der Waals surface area contributed by atoms with Crippen LogP contribution in [0.3, 0.4) is 0 Å². The quantitative estimate of drug-likeness (QED) is 0.659. The molecule has 0 saturated heterocycles. The molecule has 0 unspecified atom stereocenters. The van der Waals surface area contributed by atoms with E-state index in [1.165, 1.54) is 0 Å². The lowest BCUT2D eigenvalue weighted by atomic mass is 10.1. The predicted octanol–water partition coefficient (Wildman–Crippen LogP) is 2.40. The first kappa shape index (κ1) is 9.84. The van der Waals surface area contributed by atoms with Gasteiger partial charge in [0, 0.05) is 6.42 Å². The fourth-order valence-electron chi connectivity index (χ4n) is 1.19. The van der Waals surface area contributed by atoms with E-state index in [9.17, 15) is 13.6 Å². The van der Waals surface area contributed by atoms with E-state index in [1.54, 1.807) is 13.0 Å². The van der Waals surface area contributed by atoms with Crippen LogP contribution in [-0.2, 0) is 11.2 Å². The van der Waals surface area contributed by atoms with E-state index in [0.29, 0.717) is 11.8 Å². The Kier molecular flexibility index (Phi) is 3.12. The van der Waals surface area contributed by atoms with Crippen LogP contribution < -0.4 is 0 Å². The van der Waals surface area contributed by atoms with Gasteiger partial charge in [0.15, 0.2) is 11.6 Å². The number of rotatable bonds is 3. The molecule has 0 aliphatic rings. The Morgan fingerprint density at radius 3 is 2.69 bits per heavy atom. The van der Waals surface area contributed by atoms with Crippen LogP contribution in [0.2, 0.25) is 0 Å². The van der Waals surface area contributed by atoms with Gasteiger partial charge in [0.2, 0.25) is 0 Å². The number of aryl methyl sites for hydroxylation is 2. The molecule has 3 heteroatoms. The van der Waals surface area contributed by atoms with Crippen LogP contribution in [0.1, 0.15) is 17.5 Å². The highest BCUT2D eigenvalue weighted by Crippen LogP contribution is 2.15. The molecule has 1 rings (SSSR count). The van der Waals surface area contributed by atoms with Crippen LogP contribution in [0, 0.1) is 18.6 Å². The Hall–Kier alpha value is -1.25. The molecule has 0 N–H and O–H groups in total. The van der Waals surface area contributed by atoms with E-state index in [4.69, 9.17) is 0 Å². The van der Waals surface area contributed by atoms with Gasteiger partial charge in [-0.2, -0.15) is 0 Å². The van der Waals surface area contributed by atoms with Crippen molar-refractivity contribution in [2.24, 2.45) is 0 Å². The van der Waals surface area contributed by atoms with E-state index >= 15 is 0 Å². The van der Waals surface area contributed by atoms with Gasteiger partial charge < -0.3 is 4.79 Å². The monoisotopic (exact) mass is 184 g/mol. The second-order valence-electron chi connectivity index (χ2n) is 2.93. The highest BCUT2D eigenvalue weighted by Gasteiger charge is 2.08. The normalized spacial score (nSPS) is 10.1. The zero-order chi connectivity index (χ0) is 9.84. The third-order valence-corrected chi connectivity index (χ3v) is 1.78. The van der Waals surface area contributed by atoms with Gasteiger partial charge in [-0.3, -0.25) is 0 Å². The number of halogens is 2.